The van der Waals surface area contributed by atoms with E-state index in [9.17, 15) is 19.2 Å². The normalized spacial score (nSPS) is 20.1. The number of urea groups is 1. The summed E-state index contributed by atoms with van der Waals surface area (Å²) in [7, 11) is 0. The number of nitrogens with zero attached hydrogens (tertiary/aromatic N) is 2. The van der Waals surface area contributed by atoms with E-state index in [0.717, 1.165) is 29.1 Å². The number of nitrogens with one attached hydrogen (secondary N) is 1. The summed E-state index contributed by atoms with van der Waals surface area (Å²) in [6, 6.07) is 8.64. The van der Waals surface area contributed by atoms with Gasteiger partial charge in [0.1, 0.15) is 18.7 Å². The van der Waals surface area contributed by atoms with Crippen LogP contribution in [0, 0.1) is 13.8 Å². The number of benzene rings is 1. The Morgan fingerprint density at radius 3 is 2.61 bits per heavy atom. The summed E-state index contributed by atoms with van der Waals surface area (Å²) in [4.78, 5) is 51.1. The zero-order chi connectivity index (χ0) is 25.4. The highest BCUT2D eigenvalue weighted by molar-refractivity contribution is 6.09. The van der Waals surface area contributed by atoms with E-state index in [2.05, 4.69) is 5.32 Å². The van der Waals surface area contributed by atoms with E-state index in [4.69, 9.17) is 14.2 Å². The molecule has 1 aromatic carbocycles. The Labute approximate surface area is 208 Å². The lowest BCUT2D eigenvalue weighted by Gasteiger charge is -2.27. The number of ketones is 1. The number of ether oxygens (including phenoxy) is 3. The molecule has 2 aromatic rings. The minimum atomic E-state index is -0.889. The Hall–Kier alpha value is -3.82. The van der Waals surface area contributed by atoms with Crippen LogP contribution in [-0.4, -0.2) is 64.6 Å². The van der Waals surface area contributed by atoms with Crippen LogP contribution in [0.15, 0.2) is 30.3 Å². The van der Waals surface area contributed by atoms with E-state index < -0.39 is 36.6 Å². The van der Waals surface area contributed by atoms with Crippen molar-refractivity contribution in [1.29, 1.82) is 0 Å². The fourth-order valence-electron chi connectivity index (χ4n) is 5.26. The van der Waals surface area contributed by atoms with E-state index in [1.807, 2.05) is 42.7 Å². The summed E-state index contributed by atoms with van der Waals surface area (Å²) in [5.41, 5.74) is 1.15. The molecule has 1 N–H and O–H groups in total. The molecule has 1 saturated heterocycles. The quantitative estimate of drug-likeness (QED) is 0.356. The van der Waals surface area contributed by atoms with Gasteiger partial charge >= 0.3 is 12.0 Å². The van der Waals surface area contributed by atoms with Crippen molar-refractivity contribution < 1.29 is 33.4 Å². The summed E-state index contributed by atoms with van der Waals surface area (Å²) < 4.78 is 19.0. The largest absolute Gasteiger partial charge is 0.486 e. The zero-order valence-electron chi connectivity index (χ0n) is 20.4. The molecule has 5 rings (SSSR count). The maximum absolute atomic E-state index is 12.9. The molecule has 3 heterocycles. The van der Waals surface area contributed by atoms with E-state index in [1.165, 1.54) is 0 Å². The van der Waals surface area contributed by atoms with Crippen molar-refractivity contribution in [2.45, 2.75) is 57.7 Å². The van der Waals surface area contributed by atoms with Gasteiger partial charge in [-0.25, -0.2) is 4.79 Å². The summed E-state index contributed by atoms with van der Waals surface area (Å²) >= 11 is 0. The Morgan fingerprint density at radius 1 is 1.14 bits per heavy atom. The van der Waals surface area contributed by atoms with Gasteiger partial charge in [0.15, 0.2) is 24.2 Å². The number of imide groups is 1. The molecule has 1 aromatic heterocycles. The molecule has 36 heavy (non-hydrogen) atoms. The number of esters is 1. The first kappa shape index (κ1) is 23.9. The number of hydrogen-bond donors (Lipinski definition) is 1. The van der Waals surface area contributed by atoms with E-state index in [0.29, 0.717) is 43.1 Å². The fourth-order valence-corrected chi connectivity index (χ4v) is 5.26. The standard InChI is InChI=1S/C26H29N3O7/c1-16-11-19(17(2)28(16)12-18-14-34-21-7-3-4-8-22(21)36-18)20(30)15-35-23(31)13-29-24(32)26(27-25(29)33)9-5-6-10-26/h3-4,7-8,11,18H,5-6,9-10,12-15H2,1-2H3,(H,27,33)/t18-/m0/s1. The van der Waals surface area contributed by atoms with Gasteiger partial charge in [0.2, 0.25) is 5.78 Å². The number of amides is 3. The minimum absolute atomic E-state index is 0.224. The topological polar surface area (TPSA) is 116 Å². The van der Waals surface area contributed by atoms with Crippen LogP contribution in [0.1, 0.15) is 47.4 Å². The van der Waals surface area contributed by atoms with E-state index >= 15 is 0 Å². The molecule has 10 nitrogen and oxygen atoms in total. The van der Waals surface area contributed by atoms with Crippen LogP contribution < -0.4 is 14.8 Å². The van der Waals surface area contributed by atoms with Crippen LogP contribution in [0.5, 0.6) is 11.5 Å². The number of rotatable bonds is 7. The highest BCUT2D eigenvalue weighted by Crippen LogP contribution is 2.35. The average Bonchev–Trinajstić information content (AvgIpc) is 3.52. The lowest BCUT2D eigenvalue weighted by molar-refractivity contribution is -0.146. The van der Waals surface area contributed by atoms with Gasteiger partial charge in [0.05, 0.1) is 6.54 Å². The maximum Gasteiger partial charge on any atom is 0.326 e. The Kier molecular flexibility index (Phi) is 6.19. The van der Waals surface area contributed by atoms with E-state index in [-0.39, 0.29) is 11.9 Å². The molecule has 1 aliphatic carbocycles. The number of fused-ring (bicyclic) bond motifs is 1. The molecule has 10 heteroatoms. The summed E-state index contributed by atoms with van der Waals surface area (Å²) in [5, 5.41) is 2.72. The van der Waals surface area contributed by atoms with Crippen LogP contribution in [0.3, 0.4) is 0 Å². The lowest BCUT2D eigenvalue weighted by Crippen LogP contribution is -2.44. The number of hydrogen-bond acceptors (Lipinski definition) is 7. The van der Waals surface area contributed by atoms with Crippen molar-refractivity contribution in [2.75, 3.05) is 19.8 Å². The third-order valence-electron chi connectivity index (χ3n) is 7.18. The predicted molar refractivity (Wildman–Crippen MR) is 127 cm³/mol. The third kappa shape index (κ3) is 4.31. The van der Waals surface area contributed by atoms with Crippen molar-refractivity contribution in [1.82, 2.24) is 14.8 Å². The van der Waals surface area contributed by atoms with Crippen molar-refractivity contribution in [3.63, 3.8) is 0 Å². The van der Waals surface area contributed by atoms with Gasteiger partial charge in [0, 0.05) is 17.0 Å². The van der Waals surface area contributed by atoms with Crippen molar-refractivity contribution >= 4 is 23.7 Å². The molecule has 2 fully saturated rings. The molecule has 190 valence electrons. The lowest BCUT2D eigenvalue weighted by atomic mass is 9.98. The van der Waals surface area contributed by atoms with Crippen LogP contribution in [-0.2, 0) is 20.9 Å². The smallest absolute Gasteiger partial charge is 0.326 e. The number of Topliss-reactive ketones (excluding diaryl/α,β-unsaturated/α-hetero) is 1. The first-order valence-electron chi connectivity index (χ1n) is 12.2. The second kappa shape index (κ2) is 9.33. The second-order valence-corrected chi connectivity index (χ2v) is 9.59. The van der Waals surface area contributed by atoms with Gasteiger partial charge in [-0.3, -0.25) is 19.3 Å². The molecule has 3 aliphatic rings. The molecular formula is C26H29N3O7. The molecule has 1 atom stereocenters. The van der Waals surface area contributed by atoms with Crippen LogP contribution in [0.25, 0.3) is 0 Å². The number of aromatic nitrogens is 1. The monoisotopic (exact) mass is 495 g/mol. The van der Waals surface area contributed by atoms with E-state index in [1.54, 1.807) is 6.07 Å². The molecule has 1 spiro atoms. The van der Waals surface area contributed by atoms with Crippen molar-refractivity contribution in [3.05, 3.63) is 47.3 Å². The van der Waals surface area contributed by atoms with Crippen LogP contribution in [0.2, 0.25) is 0 Å². The fraction of sp³-hybridized carbons (Fsp3) is 0.462. The van der Waals surface area contributed by atoms with Crippen LogP contribution >= 0.6 is 0 Å². The Bertz CT molecular complexity index is 1230. The van der Waals surface area contributed by atoms with Gasteiger partial charge in [0.25, 0.3) is 5.91 Å². The number of aryl methyl sites for hydroxylation is 1. The summed E-state index contributed by atoms with van der Waals surface area (Å²) in [6.07, 6.45) is 2.62. The first-order chi connectivity index (χ1) is 17.3. The van der Waals surface area contributed by atoms with Crippen molar-refractivity contribution in [3.8, 4) is 11.5 Å². The zero-order valence-corrected chi connectivity index (χ0v) is 20.4. The van der Waals surface area contributed by atoms with Gasteiger partial charge in [-0.2, -0.15) is 0 Å². The molecule has 0 unspecified atom stereocenters. The molecule has 2 aliphatic heterocycles. The maximum atomic E-state index is 12.9. The number of para-hydroxylation sites is 2. The highest BCUT2D eigenvalue weighted by atomic mass is 16.6. The molecule has 0 bridgehead atoms. The summed E-state index contributed by atoms with van der Waals surface area (Å²) in [6.45, 7) is 3.61. The Morgan fingerprint density at radius 2 is 1.86 bits per heavy atom. The van der Waals surface area contributed by atoms with Gasteiger partial charge in [-0.1, -0.05) is 25.0 Å². The van der Waals surface area contributed by atoms with Crippen molar-refractivity contribution in [2.24, 2.45) is 0 Å². The average molecular weight is 496 g/mol. The van der Waals surface area contributed by atoms with Gasteiger partial charge < -0.3 is 24.1 Å². The number of carbonyl (C=O) groups is 4. The highest BCUT2D eigenvalue weighted by Gasteiger charge is 2.52. The van der Waals surface area contributed by atoms with Gasteiger partial charge in [-0.15, -0.1) is 0 Å². The predicted octanol–water partition coefficient (Wildman–Crippen LogP) is 2.54. The minimum Gasteiger partial charge on any atom is -0.486 e. The third-order valence-corrected chi connectivity index (χ3v) is 7.18. The molecule has 3 amide bonds. The SMILES string of the molecule is Cc1cc(C(=O)COC(=O)CN2C(=O)NC3(CCCC3)C2=O)c(C)n1C[C@H]1COc2ccccc2O1. The second-order valence-electron chi connectivity index (χ2n) is 9.59. The van der Waals surface area contributed by atoms with Crippen LogP contribution in [0.4, 0.5) is 4.79 Å². The number of carbonyl (C=O) groups excluding carboxylic acids is 4. The van der Waals surface area contributed by atoms with Gasteiger partial charge in [-0.05, 0) is 44.9 Å². The molecule has 0 radical (unpaired) electrons. The summed E-state index contributed by atoms with van der Waals surface area (Å²) in [5.74, 6) is -0.170. The molecular weight excluding hydrogens is 466 g/mol. The molecule has 1 saturated carbocycles. The Balaban J connectivity index is 1.17. The first-order valence-corrected chi connectivity index (χ1v) is 12.2.